The number of carbonyl (C=O) groups excluding carboxylic acids is 1. The van der Waals surface area contributed by atoms with Crippen LogP contribution in [0.5, 0.6) is 0 Å². The molecule has 4 fully saturated rings. The minimum Gasteiger partial charge on any atom is -0.361 e. The van der Waals surface area contributed by atoms with Crippen LogP contribution < -0.4 is 5.32 Å². The molecule has 4 nitrogen and oxygen atoms in total. The zero-order valence-electron chi connectivity index (χ0n) is 16.1. The number of hydrogen-bond acceptors (Lipinski definition) is 3. The molecule has 138 valence electrons. The highest BCUT2D eigenvalue weighted by molar-refractivity contribution is 5.84. The molecule has 2 atom stereocenters. The maximum absolute atomic E-state index is 13.0. The van der Waals surface area contributed by atoms with E-state index in [2.05, 4.69) is 17.4 Å². The second-order valence-electron chi connectivity index (χ2n) is 9.21. The third kappa shape index (κ3) is 2.82. The fourth-order valence-corrected chi connectivity index (χ4v) is 6.83. The van der Waals surface area contributed by atoms with Crippen molar-refractivity contribution in [1.82, 2.24) is 10.5 Å². The zero-order valence-corrected chi connectivity index (χ0v) is 16.1. The highest BCUT2D eigenvalue weighted by Gasteiger charge is 2.54. The van der Waals surface area contributed by atoms with Crippen LogP contribution in [0, 0.1) is 37.0 Å². The number of aromatic nitrogens is 1. The van der Waals surface area contributed by atoms with Crippen molar-refractivity contribution >= 4 is 5.91 Å². The maximum atomic E-state index is 13.0. The summed E-state index contributed by atoms with van der Waals surface area (Å²) in [6.07, 6.45) is 9.36. The van der Waals surface area contributed by atoms with Gasteiger partial charge in [-0.05, 0) is 88.9 Å². The van der Waals surface area contributed by atoms with Crippen LogP contribution in [0.25, 0.3) is 0 Å². The van der Waals surface area contributed by atoms with Gasteiger partial charge in [0.1, 0.15) is 5.76 Å². The van der Waals surface area contributed by atoms with E-state index in [1.165, 1.54) is 38.5 Å². The summed E-state index contributed by atoms with van der Waals surface area (Å²) in [5.41, 5.74) is 2.15. The van der Waals surface area contributed by atoms with Crippen LogP contribution in [0.1, 0.15) is 81.7 Å². The lowest BCUT2D eigenvalue weighted by atomic mass is 9.47. The van der Waals surface area contributed by atoms with E-state index in [1.54, 1.807) is 0 Å². The first-order valence-electron chi connectivity index (χ1n) is 10.1. The molecule has 4 aliphatic carbocycles. The van der Waals surface area contributed by atoms with Gasteiger partial charge in [-0.3, -0.25) is 4.79 Å². The standard InChI is InChI=1S/C21H32N2O2/c1-5-18(21-9-15-6-16(10-21)8-17(7-15)11-21)22-20(24)12(2)19-13(3)23-25-14(19)4/h12,15-18H,5-11H2,1-4H3,(H,22,24)/t12-,15?,16?,17?,18-,21?/m1/s1. The fraction of sp³-hybridized carbons (Fsp3) is 0.810. The third-order valence-electron chi connectivity index (χ3n) is 7.46. The smallest absolute Gasteiger partial charge is 0.227 e. The van der Waals surface area contributed by atoms with Gasteiger partial charge in [0.2, 0.25) is 5.91 Å². The van der Waals surface area contributed by atoms with Crippen molar-refractivity contribution in [3.8, 4) is 0 Å². The molecule has 0 radical (unpaired) electrons. The lowest BCUT2D eigenvalue weighted by molar-refractivity contribution is -0.127. The lowest BCUT2D eigenvalue weighted by Crippen LogP contribution is -2.57. The second kappa shape index (κ2) is 6.14. The molecule has 1 N–H and O–H groups in total. The topological polar surface area (TPSA) is 55.1 Å². The number of hydrogen-bond donors (Lipinski definition) is 1. The number of carbonyl (C=O) groups is 1. The Labute approximate surface area is 151 Å². The van der Waals surface area contributed by atoms with Gasteiger partial charge < -0.3 is 9.84 Å². The van der Waals surface area contributed by atoms with Gasteiger partial charge in [0.05, 0.1) is 11.6 Å². The molecule has 4 heteroatoms. The molecule has 25 heavy (non-hydrogen) atoms. The first-order chi connectivity index (χ1) is 11.9. The molecule has 0 saturated heterocycles. The van der Waals surface area contributed by atoms with Crippen LogP contribution in [0.15, 0.2) is 4.52 Å². The molecular weight excluding hydrogens is 312 g/mol. The molecule has 4 aliphatic rings. The summed E-state index contributed by atoms with van der Waals surface area (Å²) in [6, 6.07) is 0.316. The summed E-state index contributed by atoms with van der Waals surface area (Å²) < 4.78 is 5.27. The molecule has 0 spiro atoms. The number of nitrogens with zero attached hydrogens (tertiary/aromatic N) is 1. The molecular formula is C21H32N2O2. The number of rotatable bonds is 5. The Balaban J connectivity index is 1.51. The van der Waals surface area contributed by atoms with E-state index in [9.17, 15) is 4.79 Å². The van der Waals surface area contributed by atoms with Crippen LogP contribution in [0.4, 0.5) is 0 Å². The molecule has 0 aliphatic heterocycles. The summed E-state index contributed by atoms with van der Waals surface area (Å²) in [7, 11) is 0. The minimum absolute atomic E-state index is 0.136. The Hall–Kier alpha value is -1.32. The summed E-state index contributed by atoms with van der Waals surface area (Å²) in [4.78, 5) is 13.0. The molecule has 4 saturated carbocycles. The monoisotopic (exact) mass is 344 g/mol. The van der Waals surface area contributed by atoms with Crippen molar-refractivity contribution in [2.45, 2.75) is 84.6 Å². The van der Waals surface area contributed by atoms with Crippen molar-refractivity contribution in [3.63, 3.8) is 0 Å². The van der Waals surface area contributed by atoms with E-state index in [1.807, 2.05) is 20.8 Å². The lowest BCUT2D eigenvalue weighted by Gasteiger charge is -2.59. The molecule has 1 heterocycles. The maximum Gasteiger partial charge on any atom is 0.227 e. The first kappa shape index (κ1) is 17.1. The van der Waals surface area contributed by atoms with Gasteiger partial charge in [0, 0.05) is 11.6 Å². The number of amides is 1. The third-order valence-corrected chi connectivity index (χ3v) is 7.46. The van der Waals surface area contributed by atoms with E-state index in [0.29, 0.717) is 11.5 Å². The Morgan fingerprint density at radius 1 is 1.20 bits per heavy atom. The summed E-state index contributed by atoms with van der Waals surface area (Å²) in [6.45, 7) is 8.04. The Morgan fingerprint density at radius 2 is 1.76 bits per heavy atom. The van der Waals surface area contributed by atoms with Crippen LogP contribution in [0.3, 0.4) is 0 Å². The van der Waals surface area contributed by atoms with Crippen molar-refractivity contribution in [3.05, 3.63) is 17.0 Å². The van der Waals surface area contributed by atoms with E-state index >= 15 is 0 Å². The molecule has 1 aromatic heterocycles. The molecule has 5 rings (SSSR count). The zero-order chi connectivity index (χ0) is 17.8. The predicted molar refractivity (Wildman–Crippen MR) is 97.2 cm³/mol. The van der Waals surface area contributed by atoms with Gasteiger partial charge in [0.25, 0.3) is 0 Å². The normalized spacial score (nSPS) is 35.6. The average molecular weight is 344 g/mol. The highest BCUT2D eigenvalue weighted by Crippen LogP contribution is 2.61. The van der Waals surface area contributed by atoms with Crippen LogP contribution in [-0.4, -0.2) is 17.1 Å². The summed E-state index contributed by atoms with van der Waals surface area (Å²) in [5.74, 6) is 3.45. The summed E-state index contributed by atoms with van der Waals surface area (Å²) >= 11 is 0. The van der Waals surface area contributed by atoms with Gasteiger partial charge in [-0.1, -0.05) is 12.1 Å². The van der Waals surface area contributed by atoms with Gasteiger partial charge >= 0.3 is 0 Å². The minimum atomic E-state index is -0.200. The predicted octanol–water partition coefficient (Wildman–Crippen LogP) is 4.51. The molecule has 1 aromatic rings. The number of nitrogens with one attached hydrogen (secondary N) is 1. The highest BCUT2D eigenvalue weighted by atomic mass is 16.5. The van der Waals surface area contributed by atoms with Crippen molar-refractivity contribution in [2.24, 2.45) is 23.2 Å². The first-order valence-corrected chi connectivity index (χ1v) is 10.1. The fourth-order valence-electron chi connectivity index (χ4n) is 6.83. The molecule has 1 amide bonds. The molecule has 0 unspecified atom stereocenters. The largest absolute Gasteiger partial charge is 0.361 e. The van der Waals surface area contributed by atoms with E-state index in [-0.39, 0.29) is 11.8 Å². The van der Waals surface area contributed by atoms with Gasteiger partial charge in [0.15, 0.2) is 0 Å². The van der Waals surface area contributed by atoms with Gasteiger partial charge in [-0.25, -0.2) is 0 Å². The second-order valence-corrected chi connectivity index (χ2v) is 9.21. The Morgan fingerprint density at radius 3 is 2.20 bits per heavy atom. The van der Waals surface area contributed by atoms with E-state index in [0.717, 1.165) is 41.2 Å². The number of aryl methyl sites for hydroxylation is 2. The van der Waals surface area contributed by atoms with Crippen molar-refractivity contribution in [1.29, 1.82) is 0 Å². The van der Waals surface area contributed by atoms with Crippen molar-refractivity contribution < 1.29 is 9.32 Å². The van der Waals surface area contributed by atoms with Gasteiger partial charge in [-0.15, -0.1) is 0 Å². The summed E-state index contributed by atoms with van der Waals surface area (Å²) in [5, 5.41) is 7.48. The van der Waals surface area contributed by atoms with E-state index in [4.69, 9.17) is 4.52 Å². The van der Waals surface area contributed by atoms with Crippen LogP contribution >= 0.6 is 0 Å². The Bertz CT molecular complexity index is 608. The SMILES string of the molecule is CC[C@@H](NC(=O)[C@H](C)c1c(C)noc1C)C12CC3CC(CC(C3)C1)C2. The molecule has 0 aromatic carbocycles. The Kier molecular flexibility index (Phi) is 4.20. The molecule has 4 bridgehead atoms. The van der Waals surface area contributed by atoms with Gasteiger partial charge in [-0.2, -0.15) is 0 Å². The quantitative estimate of drug-likeness (QED) is 0.855. The van der Waals surface area contributed by atoms with Crippen LogP contribution in [-0.2, 0) is 4.79 Å². The van der Waals surface area contributed by atoms with Crippen LogP contribution in [0.2, 0.25) is 0 Å². The van der Waals surface area contributed by atoms with E-state index < -0.39 is 0 Å². The van der Waals surface area contributed by atoms with Crippen molar-refractivity contribution in [2.75, 3.05) is 0 Å². The average Bonchev–Trinajstić information content (AvgIpc) is 2.89.